The molecule has 0 heterocycles. The summed E-state index contributed by atoms with van der Waals surface area (Å²) in [5, 5.41) is 0. The fourth-order valence-corrected chi connectivity index (χ4v) is 2.33. The van der Waals surface area contributed by atoms with Crippen molar-refractivity contribution in [2.75, 3.05) is 0 Å². The summed E-state index contributed by atoms with van der Waals surface area (Å²) in [6.45, 7) is 1.53. The van der Waals surface area contributed by atoms with Gasteiger partial charge in [-0.05, 0) is 55.9 Å². The first-order chi connectivity index (χ1) is 8.59. The molecular weight excluding hydrogens is 226 g/mol. The third-order valence-corrected chi connectivity index (χ3v) is 3.33. The number of nitrogens with two attached hydrogens (primary N) is 1. The van der Waals surface area contributed by atoms with E-state index in [0.717, 1.165) is 30.4 Å². The lowest BCUT2D eigenvalue weighted by Crippen LogP contribution is -2.14. The molecule has 1 aromatic rings. The summed E-state index contributed by atoms with van der Waals surface area (Å²) < 4.78 is 0. The molecule has 2 N–H and O–H groups in total. The minimum atomic E-state index is -0.438. The van der Waals surface area contributed by atoms with Crippen LogP contribution < -0.4 is 5.73 Å². The lowest BCUT2D eigenvalue weighted by molar-refractivity contribution is 0.0993. The lowest BCUT2D eigenvalue weighted by atomic mass is 9.89. The number of carbonyl (C=O) groups is 2. The number of amides is 1. The molecule has 0 radical (unpaired) electrons. The summed E-state index contributed by atoms with van der Waals surface area (Å²) in [7, 11) is 0. The normalized spacial score (nSPS) is 15.1. The molecule has 3 nitrogen and oxygen atoms in total. The van der Waals surface area contributed by atoms with Crippen molar-refractivity contribution in [1.82, 2.24) is 0 Å². The van der Waals surface area contributed by atoms with Gasteiger partial charge in [0.2, 0.25) is 5.91 Å². The van der Waals surface area contributed by atoms with Crippen LogP contribution in [0.4, 0.5) is 0 Å². The maximum absolute atomic E-state index is 11.5. The zero-order valence-corrected chi connectivity index (χ0v) is 10.5. The van der Waals surface area contributed by atoms with Crippen LogP contribution in [-0.4, -0.2) is 11.7 Å². The minimum Gasteiger partial charge on any atom is -0.366 e. The van der Waals surface area contributed by atoms with Gasteiger partial charge in [-0.25, -0.2) is 0 Å². The highest BCUT2D eigenvalue weighted by molar-refractivity contribution is 6.01. The maximum atomic E-state index is 11.5. The Hall–Kier alpha value is -1.90. The number of ketones is 1. The van der Waals surface area contributed by atoms with E-state index in [1.807, 2.05) is 0 Å². The molecule has 1 aromatic carbocycles. The van der Waals surface area contributed by atoms with Gasteiger partial charge in [-0.1, -0.05) is 12.1 Å². The smallest absolute Gasteiger partial charge is 0.249 e. The number of primary amides is 1. The third kappa shape index (κ3) is 2.50. The van der Waals surface area contributed by atoms with Crippen LogP contribution in [0.1, 0.15) is 58.9 Å². The molecular formula is C15H17NO2. The van der Waals surface area contributed by atoms with E-state index >= 15 is 0 Å². The fourth-order valence-electron chi connectivity index (χ4n) is 2.33. The molecule has 0 atom stereocenters. The predicted molar refractivity (Wildman–Crippen MR) is 71.4 cm³/mol. The molecule has 0 aliphatic heterocycles. The number of rotatable bonds is 3. The Kier molecular flexibility index (Phi) is 3.60. The number of Topliss-reactive ketones (excluding diaryl/α,β-unsaturated/α-hetero) is 1. The molecule has 1 aliphatic carbocycles. The van der Waals surface area contributed by atoms with Crippen molar-refractivity contribution in [3.8, 4) is 0 Å². The van der Waals surface area contributed by atoms with Gasteiger partial charge in [0.1, 0.15) is 0 Å². The van der Waals surface area contributed by atoms with Crippen LogP contribution >= 0.6 is 0 Å². The van der Waals surface area contributed by atoms with E-state index in [4.69, 9.17) is 5.73 Å². The number of carbonyl (C=O) groups excluding carboxylic acids is 2. The molecule has 1 aliphatic rings. The van der Waals surface area contributed by atoms with Crippen LogP contribution in [-0.2, 0) is 0 Å². The molecule has 94 valence electrons. The molecule has 2 rings (SSSR count). The van der Waals surface area contributed by atoms with E-state index in [9.17, 15) is 9.59 Å². The highest BCUT2D eigenvalue weighted by Gasteiger charge is 2.15. The lowest BCUT2D eigenvalue weighted by Gasteiger charge is -2.16. The first kappa shape index (κ1) is 12.6. The predicted octanol–water partition coefficient (Wildman–Crippen LogP) is 2.95. The van der Waals surface area contributed by atoms with Gasteiger partial charge in [0.05, 0.1) is 0 Å². The Balaban J connectivity index is 2.53. The summed E-state index contributed by atoms with van der Waals surface area (Å²) in [4.78, 5) is 22.9. The monoisotopic (exact) mass is 243 g/mol. The minimum absolute atomic E-state index is 0.00341. The van der Waals surface area contributed by atoms with Crippen LogP contribution in [0, 0.1) is 0 Å². The zero-order chi connectivity index (χ0) is 13.1. The van der Waals surface area contributed by atoms with E-state index in [-0.39, 0.29) is 5.78 Å². The number of hydrogen-bond donors (Lipinski definition) is 1. The second-order valence-corrected chi connectivity index (χ2v) is 4.66. The molecule has 0 aromatic heterocycles. The number of benzene rings is 1. The quantitative estimate of drug-likeness (QED) is 0.830. The molecule has 0 spiro atoms. The van der Waals surface area contributed by atoms with Gasteiger partial charge in [-0.15, -0.1) is 0 Å². The number of allylic oxidation sites excluding steroid dienone is 2. The number of hydrogen-bond acceptors (Lipinski definition) is 2. The Morgan fingerprint density at radius 3 is 2.56 bits per heavy atom. The van der Waals surface area contributed by atoms with E-state index in [1.165, 1.54) is 13.3 Å². The molecule has 0 saturated carbocycles. The van der Waals surface area contributed by atoms with Gasteiger partial charge in [0, 0.05) is 11.1 Å². The van der Waals surface area contributed by atoms with Gasteiger partial charge < -0.3 is 5.73 Å². The third-order valence-electron chi connectivity index (χ3n) is 3.33. The summed E-state index contributed by atoms with van der Waals surface area (Å²) in [6, 6.07) is 5.11. The van der Waals surface area contributed by atoms with Crippen molar-refractivity contribution in [3.63, 3.8) is 0 Å². The van der Waals surface area contributed by atoms with Crippen LogP contribution in [0.25, 0.3) is 5.57 Å². The van der Waals surface area contributed by atoms with Crippen molar-refractivity contribution in [2.45, 2.75) is 32.6 Å². The van der Waals surface area contributed by atoms with Gasteiger partial charge in [0.25, 0.3) is 0 Å². The standard InChI is InChI=1S/C15H17NO2/c1-10(17)12-7-8-13(15(16)18)14(9-12)11-5-3-2-4-6-11/h5,7-9H,2-4,6H2,1H3,(H2,16,18). The van der Waals surface area contributed by atoms with Crippen molar-refractivity contribution in [3.05, 3.63) is 41.0 Å². The Morgan fingerprint density at radius 2 is 2.00 bits per heavy atom. The van der Waals surface area contributed by atoms with E-state index in [0.29, 0.717) is 11.1 Å². The summed E-state index contributed by atoms with van der Waals surface area (Å²) >= 11 is 0. The SMILES string of the molecule is CC(=O)c1ccc(C(N)=O)c(C2=CCCCC2)c1. The van der Waals surface area contributed by atoms with E-state index in [1.54, 1.807) is 18.2 Å². The van der Waals surface area contributed by atoms with Crippen molar-refractivity contribution in [2.24, 2.45) is 5.73 Å². The summed E-state index contributed by atoms with van der Waals surface area (Å²) in [5.74, 6) is -0.435. The van der Waals surface area contributed by atoms with Crippen LogP contribution in [0.3, 0.4) is 0 Å². The van der Waals surface area contributed by atoms with E-state index in [2.05, 4.69) is 6.08 Å². The van der Waals surface area contributed by atoms with Gasteiger partial charge in [-0.2, -0.15) is 0 Å². The molecule has 1 amide bonds. The first-order valence-corrected chi connectivity index (χ1v) is 6.24. The average Bonchev–Trinajstić information content (AvgIpc) is 2.39. The van der Waals surface area contributed by atoms with Crippen LogP contribution in [0.5, 0.6) is 0 Å². The second-order valence-electron chi connectivity index (χ2n) is 4.66. The molecule has 0 saturated heterocycles. The summed E-state index contributed by atoms with van der Waals surface area (Å²) in [6.07, 6.45) is 6.42. The van der Waals surface area contributed by atoms with Crippen LogP contribution in [0.15, 0.2) is 24.3 Å². The van der Waals surface area contributed by atoms with Crippen molar-refractivity contribution in [1.29, 1.82) is 0 Å². The van der Waals surface area contributed by atoms with Gasteiger partial charge in [-0.3, -0.25) is 9.59 Å². The molecule has 0 fully saturated rings. The molecule has 0 bridgehead atoms. The molecule has 0 unspecified atom stereocenters. The highest BCUT2D eigenvalue weighted by Crippen LogP contribution is 2.29. The van der Waals surface area contributed by atoms with Crippen LogP contribution in [0.2, 0.25) is 0 Å². The highest BCUT2D eigenvalue weighted by atomic mass is 16.1. The van der Waals surface area contributed by atoms with Crippen molar-refractivity contribution >= 4 is 17.3 Å². The van der Waals surface area contributed by atoms with E-state index < -0.39 is 5.91 Å². The molecule has 18 heavy (non-hydrogen) atoms. The largest absolute Gasteiger partial charge is 0.366 e. The Labute approximate surface area is 107 Å². The Morgan fingerprint density at radius 1 is 1.22 bits per heavy atom. The first-order valence-electron chi connectivity index (χ1n) is 6.24. The van der Waals surface area contributed by atoms with Crippen molar-refractivity contribution < 1.29 is 9.59 Å². The zero-order valence-electron chi connectivity index (χ0n) is 10.5. The Bertz CT molecular complexity index is 529. The fraction of sp³-hybridized carbons (Fsp3) is 0.333. The topological polar surface area (TPSA) is 60.2 Å². The molecule has 3 heteroatoms. The van der Waals surface area contributed by atoms with Gasteiger partial charge >= 0.3 is 0 Å². The maximum Gasteiger partial charge on any atom is 0.249 e. The average molecular weight is 243 g/mol. The second kappa shape index (κ2) is 5.17. The van der Waals surface area contributed by atoms with Gasteiger partial charge in [0.15, 0.2) is 5.78 Å². The summed E-state index contributed by atoms with van der Waals surface area (Å²) in [5.41, 5.74) is 8.50.